The van der Waals surface area contributed by atoms with Crippen molar-refractivity contribution in [3.8, 4) is 0 Å². The highest BCUT2D eigenvalue weighted by atomic mass is 16.2. The number of nitrogens with zero attached hydrogens (tertiary/aromatic N) is 25. The Morgan fingerprint density at radius 2 is 0.650 bits per heavy atom. The monoisotopic (exact) mass is 1700 g/mol. The topological polar surface area (TPSA) is 347 Å². The van der Waals surface area contributed by atoms with E-state index >= 15 is 0 Å². The summed E-state index contributed by atoms with van der Waals surface area (Å²) in [5.41, 5.74) is -0.239. The summed E-state index contributed by atoms with van der Waals surface area (Å²) in [6.45, 7) is -36.2. The predicted molar refractivity (Wildman–Crippen MR) is 463 cm³/mol. The van der Waals surface area contributed by atoms with E-state index in [9.17, 15) is 28.1 Å². The third-order valence-corrected chi connectivity index (χ3v) is 16.1. The number of fused-ring (bicyclic) bond motifs is 5. The molecule has 10 aromatic heterocycles. The van der Waals surface area contributed by atoms with Crippen LogP contribution in [-0.4, -0.2) is 291 Å². The molecule has 5 fully saturated rings. The number of nitrogens with one attached hydrogen (secondary N) is 5. The van der Waals surface area contributed by atoms with Gasteiger partial charge in [0.05, 0.1) is 81.7 Å². The summed E-state index contributed by atoms with van der Waals surface area (Å²) in [5.74, 6) is -29.9. The summed E-state index contributed by atoms with van der Waals surface area (Å²) in [5, 5.41) is -1.60. The zero-order valence-electron chi connectivity index (χ0n) is 136. The van der Waals surface area contributed by atoms with Crippen molar-refractivity contribution in [3.05, 3.63) is 147 Å². The van der Waals surface area contributed by atoms with Gasteiger partial charge in [0.25, 0.3) is 32.5 Å². The van der Waals surface area contributed by atoms with Crippen LogP contribution in [0.3, 0.4) is 0 Å². The summed E-state index contributed by atoms with van der Waals surface area (Å²) in [6.07, 6.45) is -22.6. The Labute approximate surface area is 802 Å². The molecule has 5 aliphatic rings. The quantitative estimate of drug-likeness (QED) is 0.0597. The van der Waals surface area contributed by atoms with Crippen LogP contribution < -0.4 is 24.5 Å². The minimum atomic E-state index is -4.52. The van der Waals surface area contributed by atoms with Crippen LogP contribution in [0.5, 0.6) is 0 Å². The van der Waals surface area contributed by atoms with E-state index in [-0.39, 0.29) is 94.6 Å². The van der Waals surface area contributed by atoms with E-state index in [1.54, 1.807) is 6.92 Å². The zero-order valence-corrected chi connectivity index (χ0v) is 63.1. The van der Waals surface area contributed by atoms with Crippen molar-refractivity contribution in [2.75, 3.05) is 157 Å². The highest BCUT2D eigenvalue weighted by molar-refractivity contribution is 5.92. The molecule has 0 unspecified atom stereocenters. The highest BCUT2D eigenvalue weighted by Crippen LogP contribution is 2.36. The summed E-state index contributed by atoms with van der Waals surface area (Å²) >= 11 is 0. The maximum Gasteiger partial charge on any atom is 0.302 e. The molecule has 0 radical (unpaired) electrons. The number of hydrogen-bond donors (Lipinski definition) is 5. The van der Waals surface area contributed by atoms with Gasteiger partial charge in [-0.05, 0) is 126 Å². The summed E-state index contributed by atoms with van der Waals surface area (Å²) in [6, 6.07) is -18.3. The lowest BCUT2D eigenvalue weighted by atomic mass is 9.92. The van der Waals surface area contributed by atoms with Gasteiger partial charge in [-0.1, -0.05) is 34.4 Å². The van der Waals surface area contributed by atoms with Gasteiger partial charge in [-0.25, -0.2) is 82.7 Å². The minimum Gasteiger partial charge on any atom is -0.354 e. The lowest BCUT2D eigenvalue weighted by Gasteiger charge is -2.41. The normalized spacial score (nSPS) is 40.4. The van der Waals surface area contributed by atoms with E-state index in [0.29, 0.717) is 12.6 Å². The summed E-state index contributed by atoms with van der Waals surface area (Å²) in [4.78, 5) is 126. The minimum absolute atomic E-state index is 0.0241. The van der Waals surface area contributed by atoms with Crippen LogP contribution in [0.15, 0.2) is 61.7 Å². The molecule has 35 heteroatoms. The van der Waals surface area contributed by atoms with Gasteiger partial charge in [0, 0.05) is 183 Å². The molecule has 5 amide bonds. The van der Waals surface area contributed by atoms with Crippen molar-refractivity contribution >= 4 is 114 Å². The number of aromatic nitrogens is 15. The number of rotatable bonds is 15. The molecular formula is C85H110N30O5. The Kier molecular flexibility index (Phi) is 10.9. The maximum absolute atomic E-state index is 13.2. The number of hydrogen-bond acceptors (Lipinski definition) is 20. The first-order valence-electron chi connectivity index (χ1n) is 70.0. The van der Waals surface area contributed by atoms with Crippen LogP contribution in [0, 0.1) is 97.0 Å². The van der Waals surface area contributed by atoms with E-state index < -0.39 is 373 Å². The fourth-order valence-corrected chi connectivity index (χ4v) is 10.8. The largest absolute Gasteiger partial charge is 0.354 e. The number of carbonyl (C=O) groups excluding carboxylic acids is 5. The van der Waals surface area contributed by atoms with Gasteiger partial charge >= 0.3 is 29.5 Å². The Bertz CT molecular complexity index is 9220. The number of anilines is 5. The first-order chi connectivity index (χ1) is 85.8. The van der Waals surface area contributed by atoms with E-state index in [2.05, 4.69) is 99.0 Å². The first kappa shape index (κ1) is 33.2. The van der Waals surface area contributed by atoms with Crippen molar-refractivity contribution in [1.82, 2.24) is 99.3 Å². The molecule has 5 N–H and O–H groups in total. The van der Waals surface area contributed by atoms with Gasteiger partial charge in [0.2, 0.25) is 0 Å². The van der Waals surface area contributed by atoms with E-state index in [0.717, 1.165) is 16.8 Å². The number of piperidine rings is 5. The fourth-order valence-electron chi connectivity index (χ4n) is 10.8. The van der Waals surface area contributed by atoms with Gasteiger partial charge in [-0.15, -0.1) is 0 Å². The second kappa shape index (κ2) is 39.4. The summed E-state index contributed by atoms with van der Waals surface area (Å²) in [7, 11) is 2.37. The molecule has 10 aromatic rings. The molecule has 0 saturated carbocycles. The lowest BCUT2D eigenvalue weighted by molar-refractivity contribution is -0.131. The molecule has 120 heavy (non-hydrogen) atoms. The zero-order chi connectivity index (χ0) is 151. The van der Waals surface area contributed by atoms with Crippen molar-refractivity contribution in [1.29, 1.82) is 0 Å². The Morgan fingerprint density at radius 3 is 0.958 bits per heavy atom. The number of H-pyrrole nitrogens is 5. The van der Waals surface area contributed by atoms with Crippen LogP contribution in [0.4, 0.5) is 29.1 Å². The second-order valence-electron chi connectivity index (χ2n) is 24.3. The van der Waals surface area contributed by atoms with Gasteiger partial charge in [0.1, 0.15) is 109 Å². The predicted octanol–water partition coefficient (Wildman–Crippen LogP) is 9.29. The van der Waals surface area contributed by atoms with Crippen LogP contribution >= 0.6 is 0 Å². The molecule has 0 bridgehead atoms. The standard InChI is InChI=1S/5C17H22N6O/c5*1-11-5-6-23(15(24)8-18-3)9-14(11)22(4)17-13-7-12(2)21-16(13)19-10-20-17/h5*7,10-11,14H,5-6,8-9H2,1-2,4H3,(H,19,20,21)/t5*11-,14+/m11111/s1/i1D3,4D3,5D2,6D2,7D,8D2,9D2,10D,11D,14D;4D3,5D2,6D2,7D,8D2,9D2,10D,11D,14D;1D3,4D3,5D2,6D2,7D,8D2,9D2,10D,14D;1D3,5D2,6D2,7D,8D2,9D2,10D;5D2,6D2,7D,8D2,9D2,10D. The van der Waals surface area contributed by atoms with Crippen molar-refractivity contribution < 1.29 is 124 Å². The number of carbonyl (C=O) groups is 5. The number of amides is 5. The molecule has 35 nitrogen and oxygen atoms in total. The van der Waals surface area contributed by atoms with Gasteiger partial charge < -0.3 is 98.1 Å². The molecule has 0 spiro atoms. The van der Waals surface area contributed by atoms with Gasteiger partial charge in [-0.2, -0.15) is 0 Å². The average molecular weight is 1710 g/mol. The third kappa shape index (κ3) is 20.2. The molecular weight excluding hydrogens is 1520 g/mol. The van der Waals surface area contributed by atoms with Crippen LogP contribution in [0.25, 0.3) is 79.4 Å². The van der Waals surface area contributed by atoms with E-state index in [1.807, 2.05) is 0 Å². The van der Waals surface area contributed by atoms with Crippen LogP contribution in [0.1, 0.15) is 195 Å². The maximum atomic E-state index is 13.2. The third-order valence-electron chi connectivity index (χ3n) is 16.1. The van der Waals surface area contributed by atoms with Crippen molar-refractivity contribution in [2.24, 2.45) is 29.5 Å². The SMILES string of the molecule is [2H]c1nc(N(C([2H])([2H])[2H])[C@@]2([2H])C([2H])([2H])N(C(=O)C([2H])([2H])[N+]#[C-])C([2H])([2H])C([2H])([2H])[C@@]2([2H])C([2H])([2H])[2H])c2c([2H])c(C)[nH]c2n1.[2H]c1nc(N(C([2H])([2H])[2H])[C@@]2([2H])C([2H])([2H])N(C(=O)C([2H])([2H])[N+]#[C-])C([2H])([2H])C([2H])([2H])[C@@]2([2H])C)c2c([2H])c(C)[nH]c2n1.[2H]c1nc(N(C([2H])([2H])[2H])[C@]2([2H])[C@H](C([2H])([2H])[2H])C([2H])([2H])C([2H])([2H])N(C(=O)C([2H])([2H])[N+]#[C-])C2([2H])[2H])c2c([2H])c(C)[nH]c2n1.[2H]c1nc(N(C)[C@@H]2[C@H](C([2H])([2H])[2H])C([2H])([2H])C([2H])([2H])N(C(=O)C([2H])([2H])[N+]#[C-])C2([2H])[2H])c2c([2H])c(C)[nH]c2n1.[2H]c1nc(N(C)[C@@H]2[C@H](C)C([2H])([2H])C([2H])([2H])N(C(=O)C([2H])([2H])[N+]#[C-])C2([2H])[2H])c2c([2H])c(C)[nH]c2n1. The summed E-state index contributed by atoms with van der Waals surface area (Å²) < 4.78 is 604. The smallest absolute Gasteiger partial charge is 0.302 e. The molecule has 15 rings (SSSR count). The number of aromatic amines is 5. The highest BCUT2D eigenvalue weighted by Gasteiger charge is 2.39. The van der Waals surface area contributed by atoms with E-state index in [1.165, 1.54) is 41.7 Å². The fraction of sp³-hybridized carbons (Fsp3) is 0.529. The van der Waals surface area contributed by atoms with Crippen molar-refractivity contribution in [3.63, 3.8) is 0 Å². The molecule has 15 heterocycles. The number of likely N-dealkylation sites (N-methyl/N-ethyl adjacent to an activating group) is 5. The van der Waals surface area contributed by atoms with Crippen LogP contribution in [0.2, 0.25) is 0 Å². The molecule has 5 aliphatic heterocycles. The number of likely N-dealkylation sites (tertiary alicyclic amines) is 5. The molecule has 5 saturated heterocycles. The lowest BCUT2D eigenvalue weighted by Crippen LogP contribution is -2.53. The van der Waals surface area contributed by atoms with E-state index in [4.69, 9.17) is 129 Å². The first-order valence-corrected chi connectivity index (χ1v) is 33.5. The molecule has 10 atom stereocenters. The number of aryl methyl sites for hydroxylation is 5. The van der Waals surface area contributed by atoms with Crippen LogP contribution in [-0.2, 0) is 24.0 Å². The molecule has 0 aliphatic carbocycles. The second-order valence-corrected chi connectivity index (χ2v) is 24.3. The van der Waals surface area contributed by atoms with Gasteiger partial charge in [0.15, 0.2) is 0 Å². The van der Waals surface area contributed by atoms with Gasteiger partial charge in [-0.3, -0.25) is 24.0 Å². The Morgan fingerprint density at radius 1 is 0.392 bits per heavy atom. The van der Waals surface area contributed by atoms with Crippen molar-refractivity contribution in [2.45, 2.75) is 131 Å². The molecule has 0 aromatic carbocycles. The Balaban J connectivity index is 0.000000223. The average Bonchev–Trinajstić information content (AvgIpc) is 1.49. The Hall–Kier alpha value is -13.1. The molecule has 630 valence electrons.